The summed E-state index contributed by atoms with van der Waals surface area (Å²) in [6.07, 6.45) is 5.82. The topological polar surface area (TPSA) is 6.48 Å². The highest BCUT2D eigenvalue weighted by molar-refractivity contribution is 7.80. The number of hydrogen-bond donors (Lipinski definition) is 1. The molecule has 2 aliphatic rings. The molecule has 2 nitrogen and oxygen atoms in total. The fraction of sp³-hybridized carbons (Fsp3) is 1.00. The van der Waals surface area contributed by atoms with E-state index in [1.165, 1.54) is 58.4 Å². The summed E-state index contributed by atoms with van der Waals surface area (Å²) in [6.45, 7) is 8.68. The molecular weight excluding hydrogens is 216 g/mol. The van der Waals surface area contributed by atoms with Gasteiger partial charge in [-0.3, -0.25) is 4.90 Å². The molecule has 2 fully saturated rings. The van der Waals surface area contributed by atoms with Gasteiger partial charge in [-0.05, 0) is 24.5 Å². The van der Waals surface area contributed by atoms with Gasteiger partial charge in [-0.1, -0.05) is 19.8 Å². The second-order valence-corrected chi connectivity index (χ2v) is 5.93. The molecule has 0 radical (unpaired) electrons. The molecule has 0 aromatic heterocycles. The molecule has 0 aromatic carbocycles. The van der Waals surface area contributed by atoms with Gasteiger partial charge in [0.1, 0.15) is 0 Å². The van der Waals surface area contributed by atoms with Crippen LogP contribution < -0.4 is 0 Å². The van der Waals surface area contributed by atoms with Gasteiger partial charge < -0.3 is 4.90 Å². The zero-order valence-corrected chi connectivity index (χ0v) is 11.5. The van der Waals surface area contributed by atoms with Crippen LogP contribution in [0.2, 0.25) is 0 Å². The molecule has 94 valence electrons. The highest BCUT2D eigenvalue weighted by Crippen LogP contribution is 2.24. The van der Waals surface area contributed by atoms with Crippen LogP contribution in [0.3, 0.4) is 0 Å². The van der Waals surface area contributed by atoms with Gasteiger partial charge in [0.2, 0.25) is 0 Å². The van der Waals surface area contributed by atoms with Crippen molar-refractivity contribution in [3.63, 3.8) is 0 Å². The third-order valence-corrected chi connectivity index (χ3v) is 4.75. The van der Waals surface area contributed by atoms with E-state index in [-0.39, 0.29) is 0 Å². The Labute approximate surface area is 106 Å². The van der Waals surface area contributed by atoms with Crippen LogP contribution in [0.5, 0.6) is 0 Å². The molecule has 0 spiro atoms. The van der Waals surface area contributed by atoms with Gasteiger partial charge in [0, 0.05) is 38.8 Å². The lowest BCUT2D eigenvalue weighted by atomic mass is 10.1. The molecule has 1 unspecified atom stereocenters. The predicted molar refractivity (Wildman–Crippen MR) is 73.3 cm³/mol. The second-order valence-electron chi connectivity index (χ2n) is 5.56. The summed E-state index contributed by atoms with van der Waals surface area (Å²) >= 11 is 4.37. The lowest BCUT2D eigenvalue weighted by molar-refractivity contribution is 0.0912. The highest BCUT2D eigenvalue weighted by atomic mass is 32.1. The summed E-state index contributed by atoms with van der Waals surface area (Å²) in [7, 11) is 0. The molecule has 0 amide bonds. The van der Waals surface area contributed by atoms with Crippen molar-refractivity contribution in [2.24, 2.45) is 5.92 Å². The van der Waals surface area contributed by atoms with Gasteiger partial charge in [0.25, 0.3) is 0 Å². The first-order valence-electron chi connectivity index (χ1n) is 6.87. The average molecular weight is 242 g/mol. The van der Waals surface area contributed by atoms with Crippen LogP contribution in [0.15, 0.2) is 0 Å². The van der Waals surface area contributed by atoms with E-state index in [0.29, 0.717) is 0 Å². The minimum absolute atomic E-state index is 0.737. The van der Waals surface area contributed by atoms with E-state index in [9.17, 15) is 0 Å². The van der Waals surface area contributed by atoms with Crippen LogP contribution in [0.4, 0.5) is 0 Å². The lowest BCUT2D eigenvalue weighted by Crippen LogP contribution is -2.50. The van der Waals surface area contributed by atoms with E-state index in [1.54, 1.807) is 0 Å². The summed E-state index contributed by atoms with van der Waals surface area (Å²) in [5.74, 6) is 1.75. The summed E-state index contributed by atoms with van der Waals surface area (Å²) in [5.41, 5.74) is 0. The van der Waals surface area contributed by atoms with Gasteiger partial charge in [0.05, 0.1) is 0 Å². The van der Waals surface area contributed by atoms with E-state index < -0.39 is 0 Å². The van der Waals surface area contributed by atoms with Crippen LogP contribution in [0, 0.1) is 5.92 Å². The van der Waals surface area contributed by atoms with Crippen molar-refractivity contribution in [2.75, 3.05) is 38.5 Å². The van der Waals surface area contributed by atoms with Gasteiger partial charge in [-0.25, -0.2) is 0 Å². The molecule has 2 rings (SSSR count). The van der Waals surface area contributed by atoms with Crippen LogP contribution in [-0.2, 0) is 0 Å². The summed E-state index contributed by atoms with van der Waals surface area (Å²) in [6, 6.07) is 0.921. The third kappa shape index (κ3) is 3.38. The Bertz CT molecular complexity index is 196. The molecule has 1 aliphatic heterocycles. The maximum absolute atomic E-state index is 4.37. The number of hydrogen-bond acceptors (Lipinski definition) is 3. The van der Waals surface area contributed by atoms with E-state index in [2.05, 4.69) is 29.4 Å². The van der Waals surface area contributed by atoms with Gasteiger partial charge in [-0.2, -0.15) is 12.6 Å². The van der Waals surface area contributed by atoms with E-state index >= 15 is 0 Å². The highest BCUT2D eigenvalue weighted by Gasteiger charge is 2.26. The molecule has 1 saturated carbocycles. The Morgan fingerprint density at radius 3 is 2.31 bits per heavy atom. The zero-order valence-electron chi connectivity index (χ0n) is 10.6. The number of piperazine rings is 1. The Balaban J connectivity index is 1.69. The van der Waals surface area contributed by atoms with Crippen molar-refractivity contribution in [1.82, 2.24) is 9.80 Å². The smallest absolute Gasteiger partial charge is 0.0113 e. The molecule has 0 aromatic rings. The molecule has 3 heteroatoms. The van der Waals surface area contributed by atoms with Crippen molar-refractivity contribution in [2.45, 2.75) is 38.6 Å². The van der Waals surface area contributed by atoms with Crippen LogP contribution in [0.25, 0.3) is 0 Å². The summed E-state index contributed by atoms with van der Waals surface area (Å²) in [4.78, 5) is 5.35. The van der Waals surface area contributed by atoms with Crippen molar-refractivity contribution >= 4 is 12.6 Å². The van der Waals surface area contributed by atoms with Crippen molar-refractivity contribution in [3.05, 3.63) is 0 Å². The van der Waals surface area contributed by atoms with Crippen LogP contribution >= 0.6 is 12.6 Å². The Hall–Kier alpha value is 0.270. The average Bonchev–Trinajstić information content (AvgIpc) is 2.83. The number of rotatable bonds is 4. The third-order valence-electron chi connectivity index (χ3n) is 4.13. The number of thiol groups is 1. The van der Waals surface area contributed by atoms with Gasteiger partial charge in [0.15, 0.2) is 0 Å². The van der Waals surface area contributed by atoms with Crippen LogP contribution in [-0.4, -0.2) is 54.3 Å². The van der Waals surface area contributed by atoms with E-state index in [0.717, 1.165) is 17.7 Å². The van der Waals surface area contributed by atoms with Crippen molar-refractivity contribution in [3.8, 4) is 0 Å². The van der Waals surface area contributed by atoms with Gasteiger partial charge >= 0.3 is 0 Å². The standard InChI is InChI=1S/C13H26N2S/c1-12(11-16)10-14-6-8-15(9-7-14)13-4-2-3-5-13/h12-13,16H,2-11H2,1H3. The monoisotopic (exact) mass is 242 g/mol. The Kier molecular flexibility index (Phi) is 4.98. The quantitative estimate of drug-likeness (QED) is 0.754. The normalized spacial score (nSPS) is 27.4. The van der Waals surface area contributed by atoms with Gasteiger partial charge in [-0.15, -0.1) is 0 Å². The van der Waals surface area contributed by atoms with Crippen molar-refractivity contribution < 1.29 is 0 Å². The largest absolute Gasteiger partial charge is 0.300 e. The first kappa shape index (κ1) is 12.7. The zero-order chi connectivity index (χ0) is 11.4. The first-order valence-corrected chi connectivity index (χ1v) is 7.50. The maximum Gasteiger partial charge on any atom is 0.0113 e. The molecule has 16 heavy (non-hydrogen) atoms. The SMILES string of the molecule is CC(CS)CN1CCN(C2CCCC2)CC1. The van der Waals surface area contributed by atoms with E-state index in [1.807, 2.05) is 0 Å². The maximum atomic E-state index is 4.37. The van der Waals surface area contributed by atoms with Crippen molar-refractivity contribution in [1.29, 1.82) is 0 Å². The van der Waals surface area contributed by atoms with Crippen LogP contribution in [0.1, 0.15) is 32.6 Å². The molecule has 1 atom stereocenters. The minimum Gasteiger partial charge on any atom is -0.300 e. The summed E-state index contributed by atoms with van der Waals surface area (Å²) in [5, 5.41) is 0. The fourth-order valence-corrected chi connectivity index (χ4v) is 3.19. The molecule has 0 bridgehead atoms. The number of nitrogens with zero attached hydrogens (tertiary/aromatic N) is 2. The first-order chi connectivity index (χ1) is 7.79. The molecule has 0 N–H and O–H groups in total. The Morgan fingerprint density at radius 1 is 1.12 bits per heavy atom. The van der Waals surface area contributed by atoms with E-state index in [4.69, 9.17) is 0 Å². The minimum atomic E-state index is 0.737. The lowest BCUT2D eigenvalue weighted by Gasteiger charge is -2.38. The molecular formula is C13H26N2S. The predicted octanol–water partition coefficient (Wildman–Crippen LogP) is 2.11. The molecule has 1 saturated heterocycles. The summed E-state index contributed by atoms with van der Waals surface area (Å²) < 4.78 is 0. The fourth-order valence-electron chi connectivity index (χ4n) is 3.08. The molecule has 1 heterocycles. The second kappa shape index (κ2) is 6.27. The Morgan fingerprint density at radius 2 is 1.75 bits per heavy atom. The molecule has 1 aliphatic carbocycles.